The van der Waals surface area contributed by atoms with Crippen molar-refractivity contribution in [1.29, 1.82) is 0 Å². The van der Waals surface area contributed by atoms with E-state index in [9.17, 15) is 14.4 Å². The Balaban J connectivity index is 1.86. The molecule has 0 aliphatic carbocycles. The molecule has 0 aliphatic rings. The molecule has 1 amide bonds. The largest absolute Gasteiger partial charge is 0.481 e. The van der Waals surface area contributed by atoms with Crippen LogP contribution >= 0.6 is 0 Å². The van der Waals surface area contributed by atoms with E-state index >= 15 is 0 Å². The predicted octanol–water partition coefficient (Wildman–Crippen LogP) is 1.69. The van der Waals surface area contributed by atoms with Crippen molar-refractivity contribution in [3.63, 3.8) is 0 Å². The highest BCUT2D eigenvalue weighted by atomic mass is 16.4. The quantitative estimate of drug-likeness (QED) is 0.641. The Morgan fingerprint density at radius 3 is 2.52 bits per heavy atom. The molecule has 2 aromatic rings. The highest BCUT2D eigenvalue weighted by molar-refractivity contribution is 6.04. The second kappa shape index (κ2) is 8.07. The highest BCUT2D eigenvalue weighted by Crippen LogP contribution is 2.12. The lowest BCUT2D eigenvalue weighted by molar-refractivity contribution is -0.137. The minimum atomic E-state index is -0.783. The Morgan fingerprint density at radius 1 is 1.09 bits per heavy atom. The number of benzene rings is 1. The Bertz CT molecular complexity index is 754. The number of H-pyrrole nitrogens is 1. The van der Waals surface area contributed by atoms with Crippen LogP contribution < -0.4 is 10.9 Å². The van der Waals surface area contributed by atoms with E-state index in [2.05, 4.69) is 15.5 Å². The average molecular weight is 317 g/mol. The number of hydrogen-bond acceptors (Lipinski definition) is 4. The smallest absolute Gasteiger partial charge is 0.303 e. The zero-order valence-corrected chi connectivity index (χ0v) is 12.7. The minimum Gasteiger partial charge on any atom is -0.481 e. The van der Waals surface area contributed by atoms with E-state index in [1.807, 2.05) is 0 Å². The standard InChI is InChI=1S/C16H19N3O4/c20-13(21)9-3-1-2-6-10-17-16(23)14-11-7-4-5-8-12(11)15(22)19-18-14/h4-5,7-8H,1-3,6,9-10H2,(H,17,23)(H,19,22)(H,20,21). The molecule has 23 heavy (non-hydrogen) atoms. The summed E-state index contributed by atoms with van der Waals surface area (Å²) in [6.07, 6.45) is 3.27. The first kappa shape index (κ1) is 16.7. The van der Waals surface area contributed by atoms with Gasteiger partial charge in [0.05, 0.1) is 5.39 Å². The number of carboxylic acid groups (broad SMARTS) is 1. The lowest BCUT2D eigenvalue weighted by atomic mass is 10.1. The van der Waals surface area contributed by atoms with Gasteiger partial charge in [0.2, 0.25) is 0 Å². The van der Waals surface area contributed by atoms with E-state index < -0.39 is 5.97 Å². The van der Waals surface area contributed by atoms with Gasteiger partial charge < -0.3 is 10.4 Å². The molecular weight excluding hydrogens is 298 g/mol. The van der Waals surface area contributed by atoms with Gasteiger partial charge in [0.25, 0.3) is 11.5 Å². The van der Waals surface area contributed by atoms with Gasteiger partial charge in [-0.25, -0.2) is 5.10 Å². The first-order valence-electron chi connectivity index (χ1n) is 7.57. The van der Waals surface area contributed by atoms with Gasteiger partial charge in [-0.2, -0.15) is 5.10 Å². The van der Waals surface area contributed by atoms with Crippen molar-refractivity contribution in [2.24, 2.45) is 0 Å². The van der Waals surface area contributed by atoms with Gasteiger partial charge in [0.1, 0.15) is 0 Å². The van der Waals surface area contributed by atoms with E-state index in [1.165, 1.54) is 0 Å². The zero-order valence-electron chi connectivity index (χ0n) is 12.7. The summed E-state index contributed by atoms with van der Waals surface area (Å²) in [5, 5.41) is 18.4. The number of aliphatic carboxylic acids is 1. The van der Waals surface area contributed by atoms with Crippen LogP contribution in [-0.4, -0.2) is 33.7 Å². The van der Waals surface area contributed by atoms with Crippen LogP contribution in [0.5, 0.6) is 0 Å². The van der Waals surface area contributed by atoms with E-state index in [4.69, 9.17) is 5.11 Å². The number of carboxylic acids is 1. The monoisotopic (exact) mass is 317 g/mol. The number of nitrogens with one attached hydrogen (secondary N) is 2. The summed E-state index contributed by atoms with van der Waals surface area (Å²) in [5.74, 6) is -1.11. The Hall–Kier alpha value is -2.70. The van der Waals surface area contributed by atoms with Crippen molar-refractivity contribution in [2.75, 3.05) is 6.54 Å². The first-order valence-corrected chi connectivity index (χ1v) is 7.57. The van der Waals surface area contributed by atoms with E-state index in [0.717, 1.165) is 19.3 Å². The van der Waals surface area contributed by atoms with Crippen molar-refractivity contribution < 1.29 is 14.7 Å². The molecule has 2 rings (SSSR count). The second-order valence-electron chi connectivity index (χ2n) is 5.26. The molecule has 0 bridgehead atoms. The average Bonchev–Trinajstić information content (AvgIpc) is 2.54. The van der Waals surface area contributed by atoms with E-state index in [0.29, 0.717) is 23.7 Å². The Kier molecular flexibility index (Phi) is 5.85. The zero-order chi connectivity index (χ0) is 16.7. The molecule has 3 N–H and O–H groups in total. The molecule has 1 aromatic carbocycles. The number of hydrogen-bond donors (Lipinski definition) is 3. The maximum Gasteiger partial charge on any atom is 0.303 e. The fourth-order valence-electron chi connectivity index (χ4n) is 2.33. The summed E-state index contributed by atoms with van der Waals surface area (Å²) in [7, 11) is 0. The number of aromatic amines is 1. The highest BCUT2D eigenvalue weighted by Gasteiger charge is 2.13. The minimum absolute atomic E-state index is 0.180. The van der Waals surface area contributed by atoms with Crippen LogP contribution in [0.15, 0.2) is 29.1 Å². The summed E-state index contributed by atoms with van der Waals surface area (Å²) in [6, 6.07) is 6.83. The molecule has 0 saturated carbocycles. The van der Waals surface area contributed by atoms with Gasteiger partial charge in [-0.05, 0) is 18.9 Å². The Labute approximate surface area is 132 Å². The van der Waals surface area contributed by atoms with E-state index in [-0.39, 0.29) is 23.6 Å². The molecule has 1 aromatic heterocycles. The van der Waals surface area contributed by atoms with Crippen LogP contribution in [0.3, 0.4) is 0 Å². The third kappa shape index (κ3) is 4.64. The second-order valence-corrected chi connectivity index (χ2v) is 5.26. The van der Waals surface area contributed by atoms with Gasteiger partial charge in [-0.15, -0.1) is 0 Å². The fourth-order valence-corrected chi connectivity index (χ4v) is 2.33. The number of carbonyl (C=O) groups is 2. The maximum atomic E-state index is 12.2. The summed E-state index contributed by atoms with van der Waals surface area (Å²) < 4.78 is 0. The Morgan fingerprint density at radius 2 is 1.78 bits per heavy atom. The van der Waals surface area contributed by atoms with Crippen molar-refractivity contribution in [3.8, 4) is 0 Å². The number of fused-ring (bicyclic) bond motifs is 1. The normalized spacial score (nSPS) is 10.6. The molecule has 7 heteroatoms. The molecule has 0 spiro atoms. The molecule has 0 unspecified atom stereocenters. The maximum absolute atomic E-state index is 12.2. The number of carbonyl (C=O) groups excluding carboxylic acids is 1. The number of aromatic nitrogens is 2. The number of amides is 1. The fraction of sp³-hybridized carbons (Fsp3) is 0.375. The van der Waals surface area contributed by atoms with Gasteiger partial charge >= 0.3 is 5.97 Å². The first-order chi connectivity index (χ1) is 11.1. The van der Waals surface area contributed by atoms with Gasteiger partial charge in [0.15, 0.2) is 5.69 Å². The van der Waals surface area contributed by atoms with Crippen molar-refractivity contribution >= 4 is 22.6 Å². The molecule has 7 nitrogen and oxygen atoms in total. The summed E-state index contributed by atoms with van der Waals surface area (Å²) in [5.41, 5.74) is -0.123. The van der Waals surface area contributed by atoms with E-state index in [1.54, 1.807) is 24.3 Å². The number of unbranched alkanes of at least 4 members (excludes halogenated alkanes) is 3. The van der Waals surface area contributed by atoms with Gasteiger partial charge in [0, 0.05) is 18.4 Å². The van der Waals surface area contributed by atoms with Crippen LogP contribution in [0.4, 0.5) is 0 Å². The van der Waals surface area contributed by atoms with Crippen LogP contribution in [-0.2, 0) is 4.79 Å². The van der Waals surface area contributed by atoms with Crippen molar-refractivity contribution in [3.05, 3.63) is 40.3 Å². The summed E-state index contributed by atoms with van der Waals surface area (Å²) >= 11 is 0. The molecule has 1 heterocycles. The van der Waals surface area contributed by atoms with Crippen LogP contribution in [0.1, 0.15) is 42.6 Å². The summed E-state index contributed by atoms with van der Waals surface area (Å²) in [6.45, 7) is 0.487. The lowest BCUT2D eigenvalue weighted by Crippen LogP contribution is -2.27. The number of rotatable bonds is 8. The number of nitrogens with zero attached hydrogens (tertiary/aromatic N) is 1. The molecule has 122 valence electrons. The van der Waals surface area contributed by atoms with Crippen LogP contribution in [0.25, 0.3) is 10.8 Å². The van der Waals surface area contributed by atoms with Crippen molar-refractivity contribution in [2.45, 2.75) is 32.1 Å². The summed E-state index contributed by atoms with van der Waals surface area (Å²) in [4.78, 5) is 34.2. The van der Waals surface area contributed by atoms with Crippen LogP contribution in [0.2, 0.25) is 0 Å². The molecule has 0 aliphatic heterocycles. The predicted molar refractivity (Wildman–Crippen MR) is 85.4 cm³/mol. The van der Waals surface area contributed by atoms with Crippen LogP contribution in [0, 0.1) is 0 Å². The molecule has 0 fully saturated rings. The lowest BCUT2D eigenvalue weighted by Gasteiger charge is -2.06. The SMILES string of the molecule is O=C(O)CCCCCCNC(=O)c1n[nH]c(=O)c2ccccc12. The molecule has 0 saturated heterocycles. The topological polar surface area (TPSA) is 112 Å². The molecule has 0 atom stereocenters. The third-order valence-electron chi connectivity index (χ3n) is 3.51. The van der Waals surface area contributed by atoms with Gasteiger partial charge in [-0.3, -0.25) is 14.4 Å². The molecule has 0 radical (unpaired) electrons. The van der Waals surface area contributed by atoms with Crippen molar-refractivity contribution in [1.82, 2.24) is 15.5 Å². The van der Waals surface area contributed by atoms with Gasteiger partial charge in [-0.1, -0.05) is 31.0 Å². The third-order valence-corrected chi connectivity index (χ3v) is 3.51. The molecular formula is C16H19N3O4.